The van der Waals surface area contributed by atoms with Crippen LogP contribution in [0, 0.1) is 11.3 Å². The number of nitriles is 1. The van der Waals surface area contributed by atoms with Gasteiger partial charge in [-0.3, -0.25) is 4.68 Å². The standard InChI is InChI=1S/C13H13N5O/c14-8-9-2-4-15-12(6-9)17-10-7-11(19)13(10)18-5-1-3-16-18/h1-6,10-11,13,19H,7H2,(H,15,17)/t10-,11+,13+/m0/s1. The topological polar surface area (TPSA) is 86.8 Å². The molecule has 2 heterocycles. The first-order valence-corrected chi connectivity index (χ1v) is 6.08. The predicted molar refractivity (Wildman–Crippen MR) is 68.3 cm³/mol. The first kappa shape index (κ1) is 11.7. The van der Waals surface area contributed by atoms with Gasteiger partial charge in [0, 0.05) is 18.6 Å². The van der Waals surface area contributed by atoms with Gasteiger partial charge in [-0.05, 0) is 24.6 Å². The molecule has 0 radical (unpaired) electrons. The van der Waals surface area contributed by atoms with Gasteiger partial charge in [0.15, 0.2) is 0 Å². The molecule has 0 spiro atoms. The number of anilines is 1. The molecule has 0 unspecified atom stereocenters. The normalized spacial score (nSPS) is 25.4. The smallest absolute Gasteiger partial charge is 0.127 e. The van der Waals surface area contributed by atoms with Crippen molar-refractivity contribution in [3.8, 4) is 6.07 Å². The molecule has 6 nitrogen and oxygen atoms in total. The van der Waals surface area contributed by atoms with E-state index in [1.54, 1.807) is 29.2 Å². The van der Waals surface area contributed by atoms with Crippen LogP contribution < -0.4 is 5.32 Å². The van der Waals surface area contributed by atoms with E-state index in [4.69, 9.17) is 5.26 Å². The molecular weight excluding hydrogens is 242 g/mol. The van der Waals surface area contributed by atoms with E-state index in [1.165, 1.54) is 0 Å². The molecule has 96 valence electrons. The zero-order valence-corrected chi connectivity index (χ0v) is 10.1. The minimum atomic E-state index is -0.406. The second kappa shape index (κ2) is 4.71. The summed E-state index contributed by atoms with van der Waals surface area (Å²) in [5.41, 5.74) is 0.563. The minimum Gasteiger partial charge on any atom is -0.391 e. The molecule has 0 bridgehead atoms. The summed E-state index contributed by atoms with van der Waals surface area (Å²) in [6.45, 7) is 0. The molecule has 1 saturated carbocycles. The summed E-state index contributed by atoms with van der Waals surface area (Å²) in [5.74, 6) is 0.646. The number of rotatable bonds is 3. The average Bonchev–Trinajstić information content (AvgIpc) is 2.91. The molecular formula is C13H13N5O. The lowest BCUT2D eigenvalue weighted by Gasteiger charge is -2.42. The number of nitrogens with one attached hydrogen (secondary N) is 1. The largest absolute Gasteiger partial charge is 0.391 e. The molecule has 0 aliphatic heterocycles. The van der Waals surface area contributed by atoms with Crippen LogP contribution in [0.1, 0.15) is 18.0 Å². The van der Waals surface area contributed by atoms with Crippen molar-refractivity contribution >= 4 is 5.82 Å². The van der Waals surface area contributed by atoms with Crippen molar-refractivity contribution in [2.75, 3.05) is 5.32 Å². The van der Waals surface area contributed by atoms with Crippen molar-refractivity contribution in [1.82, 2.24) is 14.8 Å². The first-order chi connectivity index (χ1) is 9.28. The van der Waals surface area contributed by atoms with Crippen molar-refractivity contribution in [3.05, 3.63) is 42.4 Å². The van der Waals surface area contributed by atoms with Crippen LogP contribution in [0.4, 0.5) is 5.82 Å². The van der Waals surface area contributed by atoms with Crippen LogP contribution in [-0.2, 0) is 0 Å². The summed E-state index contributed by atoms with van der Waals surface area (Å²) in [6, 6.07) is 7.24. The minimum absolute atomic E-state index is 0.0661. The number of nitrogens with zero attached hydrogens (tertiary/aromatic N) is 4. The van der Waals surface area contributed by atoms with Gasteiger partial charge >= 0.3 is 0 Å². The number of hydrogen-bond donors (Lipinski definition) is 2. The van der Waals surface area contributed by atoms with E-state index >= 15 is 0 Å². The van der Waals surface area contributed by atoms with Gasteiger partial charge < -0.3 is 10.4 Å². The number of aromatic nitrogens is 3. The van der Waals surface area contributed by atoms with Crippen molar-refractivity contribution in [2.24, 2.45) is 0 Å². The molecule has 3 rings (SSSR count). The Bertz CT molecular complexity index is 604. The fraction of sp³-hybridized carbons (Fsp3) is 0.308. The Morgan fingerprint density at radius 2 is 2.37 bits per heavy atom. The molecule has 0 amide bonds. The van der Waals surface area contributed by atoms with Gasteiger partial charge in [0.05, 0.1) is 29.8 Å². The maximum Gasteiger partial charge on any atom is 0.127 e. The Hall–Kier alpha value is -2.39. The van der Waals surface area contributed by atoms with Gasteiger partial charge in [-0.25, -0.2) is 4.98 Å². The molecule has 1 fully saturated rings. The summed E-state index contributed by atoms with van der Waals surface area (Å²) in [5, 5.41) is 26.1. The molecule has 3 atom stereocenters. The molecule has 2 N–H and O–H groups in total. The van der Waals surface area contributed by atoms with Crippen molar-refractivity contribution < 1.29 is 5.11 Å². The van der Waals surface area contributed by atoms with Crippen molar-refractivity contribution in [2.45, 2.75) is 24.6 Å². The highest BCUT2D eigenvalue weighted by Crippen LogP contribution is 2.34. The van der Waals surface area contributed by atoms with E-state index in [0.717, 1.165) is 0 Å². The van der Waals surface area contributed by atoms with E-state index in [1.807, 2.05) is 12.3 Å². The van der Waals surface area contributed by atoms with Crippen molar-refractivity contribution in [1.29, 1.82) is 5.26 Å². The molecule has 2 aromatic rings. The lowest BCUT2D eigenvalue weighted by atomic mass is 9.83. The molecule has 2 aromatic heterocycles. The van der Waals surface area contributed by atoms with E-state index in [0.29, 0.717) is 17.8 Å². The van der Waals surface area contributed by atoms with Crippen LogP contribution >= 0.6 is 0 Å². The fourth-order valence-corrected chi connectivity index (χ4v) is 2.34. The highest BCUT2D eigenvalue weighted by Gasteiger charge is 2.41. The first-order valence-electron chi connectivity index (χ1n) is 6.08. The zero-order valence-electron chi connectivity index (χ0n) is 10.1. The third kappa shape index (κ3) is 2.16. The Morgan fingerprint density at radius 1 is 1.47 bits per heavy atom. The van der Waals surface area contributed by atoms with Crippen LogP contribution in [0.2, 0.25) is 0 Å². The Morgan fingerprint density at radius 3 is 3.05 bits per heavy atom. The summed E-state index contributed by atoms with van der Waals surface area (Å²) < 4.78 is 1.75. The summed E-state index contributed by atoms with van der Waals surface area (Å²) in [7, 11) is 0. The molecule has 6 heteroatoms. The second-order valence-electron chi connectivity index (χ2n) is 4.57. The molecule has 1 aliphatic rings. The lowest BCUT2D eigenvalue weighted by Crippen LogP contribution is -2.51. The quantitative estimate of drug-likeness (QED) is 0.852. The predicted octanol–water partition coefficient (Wildman–Crippen LogP) is 0.936. The molecule has 1 aliphatic carbocycles. The third-order valence-electron chi connectivity index (χ3n) is 3.35. The SMILES string of the molecule is N#Cc1ccnc(N[C@H]2C[C@@H](O)[C@@H]2n2cccn2)c1. The lowest BCUT2D eigenvalue weighted by molar-refractivity contribution is 0.0133. The van der Waals surface area contributed by atoms with E-state index < -0.39 is 6.10 Å². The Labute approximate surface area is 110 Å². The van der Waals surface area contributed by atoms with Gasteiger partial charge in [-0.1, -0.05) is 0 Å². The third-order valence-corrected chi connectivity index (χ3v) is 3.35. The molecule has 0 aromatic carbocycles. The van der Waals surface area contributed by atoms with Gasteiger partial charge in [0.1, 0.15) is 5.82 Å². The van der Waals surface area contributed by atoms with Crippen LogP contribution in [0.25, 0.3) is 0 Å². The van der Waals surface area contributed by atoms with Crippen LogP contribution in [0.3, 0.4) is 0 Å². The monoisotopic (exact) mass is 255 g/mol. The van der Waals surface area contributed by atoms with E-state index in [9.17, 15) is 5.11 Å². The van der Waals surface area contributed by atoms with Gasteiger partial charge in [0.2, 0.25) is 0 Å². The summed E-state index contributed by atoms with van der Waals surface area (Å²) >= 11 is 0. The van der Waals surface area contributed by atoms with Crippen LogP contribution in [-0.4, -0.2) is 32.0 Å². The molecule has 0 saturated heterocycles. The van der Waals surface area contributed by atoms with Crippen molar-refractivity contribution in [3.63, 3.8) is 0 Å². The number of hydrogen-bond acceptors (Lipinski definition) is 5. The Kier molecular flexibility index (Phi) is 2.89. The van der Waals surface area contributed by atoms with Gasteiger partial charge in [0.25, 0.3) is 0 Å². The highest BCUT2D eigenvalue weighted by molar-refractivity contribution is 5.43. The maximum absolute atomic E-state index is 9.86. The summed E-state index contributed by atoms with van der Waals surface area (Å²) in [6.07, 6.45) is 5.36. The second-order valence-corrected chi connectivity index (χ2v) is 4.57. The number of pyridine rings is 1. The summed E-state index contributed by atoms with van der Waals surface area (Å²) in [4.78, 5) is 4.18. The number of aliphatic hydroxyl groups excluding tert-OH is 1. The fourth-order valence-electron chi connectivity index (χ4n) is 2.34. The van der Waals surface area contributed by atoms with Gasteiger partial charge in [-0.2, -0.15) is 10.4 Å². The zero-order chi connectivity index (χ0) is 13.2. The van der Waals surface area contributed by atoms with E-state index in [2.05, 4.69) is 21.5 Å². The highest BCUT2D eigenvalue weighted by atomic mass is 16.3. The van der Waals surface area contributed by atoms with E-state index in [-0.39, 0.29) is 12.1 Å². The molecule has 19 heavy (non-hydrogen) atoms. The number of aliphatic hydroxyl groups is 1. The van der Waals surface area contributed by atoms with Gasteiger partial charge in [-0.15, -0.1) is 0 Å². The van der Waals surface area contributed by atoms with Crippen LogP contribution in [0.5, 0.6) is 0 Å². The average molecular weight is 255 g/mol. The van der Waals surface area contributed by atoms with Crippen LogP contribution in [0.15, 0.2) is 36.8 Å². The maximum atomic E-state index is 9.86. The Balaban J connectivity index is 1.75.